The zero-order chi connectivity index (χ0) is 18.2. The van der Waals surface area contributed by atoms with Crippen molar-refractivity contribution in [2.24, 2.45) is 5.92 Å². The van der Waals surface area contributed by atoms with Gasteiger partial charge in [-0.3, -0.25) is 19.0 Å². The molecule has 3 heterocycles. The number of rotatable bonds is 2. The Labute approximate surface area is 151 Å². The molecule has 0 spiro atoms. The second-order valence-electron chi connectivity index (χ2n) is 7.60. The van der Waals surface area contributed by atoms with Crippen molar-refractivity contribution in [3.63, 3.8) is 0 Å². The lowest BCUT2D eigenvalue weighted by molar-refractivity contribution is -0.138. The zero-order valence-corrected chi connectivity index (χ0v) is 15.7. The molecular weight excluding hydrogens is 340 g/mol. The number of hydrogen-bond donors (Lipinski definition) is 0. The standard InChI is InChI=1S/C17H24N4O3S/c1-17(2,3)13-8-14(23)21-9-12(10-25-16(21)18-13)15(24)20-6-4-19(11-22)5-7-20/h8,11-12H,4-7,9-10H2,1-3H3. The van der Waals surface area contributed by atoms with E-state index >= 15 is 0 Å². The highest BCUT2D eigenvalue weighted by Crippen LogP contribution is 2.28. The number of aromatic nitrogens is 2. The van der Waals surface area contributed by atoms with Gasteiger partial charge in [0.1, 0.15) is 0 Å². The van der Waals surface area contributed by atoms with Crippen LogP contribution in [0, 0.1) is 5.92 Å². The predicted molar refractivity (Wildman–Crippen MR) is 95.6 cm³/mol. The smallest absolute Gasteiger partial charge is 0.254 e. The van der Waals surface area contributed by atoms with Gasteiger partial charge in [-0.2, -0.15) is 0 Å². The number of piperazine rings is 1. The van der Waals surface area contributed by atoms with Crippen molar-refractivity contribution >= 4 is 24.1 Å². The van der Waals surface area contributed by atoms with Crippen molar-refractivity contribution in [3.05, 3.63) is 22.1 Å². The van der Waals surface area contributed by atoms with Gasteiger partial charge in [0, 0.05) is 50.0 Å². The van der Waals surface area contributed by atoms with Gasteiger partial charge >= 0.3 is 0 Å². The Balaban J connectivity index is 1.74. The number of amides is 2. The van der Waals surface area contributed by atoms with Crippen LogP contribution in [-0.2, 0) is 21.5 Å². The fraction of sp³-hybridized carbons (Fsp3) is 0.647. The minimum atomic E-state index is -0.222. The van der Waals surface area contributed by atoms with E-state index < -0.39 is 0 Å². The van der Waals surface area contributed by atoms with E-state index in [4.69, 9.17) is 0 Å². The first-order valence-corrected chi connectivity index (χ1v) is 9.51. The number of nitrogens with zero attached hydrogens (tertiary/aromatic N) is 4. The molecule has 1 aromatic rings. The molecule has 0 N–H and O–H groups in total. The average molecular weight is 364 g/mol. The molecule has 0 bridgehead atoms. The fourth-order valence-electron chi connectivity index (χ4n) is 3.05. The van der Waals surface area contributed by atoms with Crippen LogP contribution in [0.2, 0.25) is 0 Å². The van der Waals surface area contributed by atoms with Crippen molar-refractivity contribution in [3.8, 4) is 0 Å². The number of carbonyl (C=O) groups is 2. The second-order valence-corrected chi connectivity index (χ2v) is 8.58. The SMILES string of the molecule is CC(C)(C)c1cc(=O)n2c(n1)SCC(C(=O)N1CCN(C=O)CC1)C2. The van der Waals surface area contributed by atoms with Crippen molar-refractivity contribution < 1.29 is 9.59 Å². The molecule has 2 aliphatic heterocycles. The summed E-state index contributed by atoms with van der Waals surface area (Å²) in [5, 5.41) is 0.701. The number of thioether (sulfide) groups is 1. The van der Waals surface area contributed by atoms with Crippen LogP contribution in [0.5, 0.6) is 0 Å². The summed E-state index contributed by atoms with van der Waals surface area (Å²) >= 11 is 1.48. The third-order valence-corrected chi connectivity index (χ3v) is 5.82. The highest BCUT2D eigenvalue weighted by Gasteiger charge is 2.32. The molecule has 1 fully saturated rings. The Morgan fingerprint density at radius 2 is 1.96 bits per heavy atom. The first-order valence-electron chi connectivity index (χ1n) is 8.53. The van der Waals surface area contributed by atoms with E-state index in [1.807, 2.05) is 20.8 Å². The van der Waals surface area contributed by atoms with E-state index in [0.717, 1.165) is 12.1 Å². The molecule has 1 aromatic heterocycles. The number of fused-ring (bicyclic) bond motifs is 1. The van der Waals surface area contributed by atoms with E-state index in [1.54, 1.807) is 20.4 Å². The maximum absolute atomic E-state index is 12.8. The number of hydrogen-bond acceptors (Lipinski definition) is 5. The summed E-state index contributed by atoms with van der Waals surface area (Å²) in [6.45, 7) is 8.74. The zero-order valence-electron chi connectivity index (χ0n) is 14.9. The lowest BCUT2D eigenvalue weighted by Gasteiger charge is -2.36. The molecule has 136 valence electrons. The third kappa shape index (κ3) is 3.73. The summed E-state index contributed by atoms with van der Waals surface area (Å²) in [4.78, 5) is 44.2. The van der Waals surface area contributed by atoms with Crippen LogP contribution >= 0.6 is 11.8 Å². The minimum absolute atomic E-state index is 0.0653. The van der Waals surface area contributed by atoms with Gasteiger partial charge in [-0.1, -0.05) is 32.5 Å². The van der Waals surface area contributed by atoms with E-state index in [9.17, 15) is 14.4 Å². The van der Waals surface area contributed by atoms with Crippen LogP contribution in [0.1, 0.15) is 26.5 Å². The average Bonchev–Trinajstić information content (AvgIpc) is 2.60. The molecule has 7 nitrogen and oxygen atoms in total. The lowest BCUT2D eigenvalue weighted by atomic mass is 9.92. The van der Waals surface area contributed by atoms with Gasteiger partial charge in [-0.25, -0.2) is 4.98 Å². The molecule has 0 aliphatic carbocycles. The topological polar surface area (TPSA) is 75.5 Å². The highest BCUT2D eigenvalue weighted by molar-refractivity contribution is 7.99. The van der Waals surface area contributed by atoms with Gasteiger partial charge in [0.15, 0.2) is 5.16 Å². The maximum atomic E-state index is 12.8. The first kappa shape index (κ1) is 18.0. The Bertz CT molecular complexity index is 732. The predicted octanol–water partition coefficient (Wildman–Crippen LogP) is 0.563. The Morgan fingerprint density at radius 1 is 1.28 bits per heavy atom. The molecule has 3 rings (SSSR count). The van der Waals surface area contributed by atoms with Gasteiger partial charge < -0.3 is 9.80 Å². The molecule has 2 amide bonds. The van der Waals surface area contributed by atoms with E-state index in [-0.39, 0.29) is 22.8 Å². The molecule has 8 heteroatoms. The maximum Gasteiger partial charge on any atom is 0.254 e. The number of carbonyl (C=O) groups excluding carboxylic acids is 2. The second kappa shape index (κ2) is 6.82. The van der Waals surface area contributed by atoms with Crippen LogP contribution in [0.15, 0.2) is 16.0 Å². The molecule has 1 unspecified atom stereocenters. The Kier molecular flexibility index (Phi) is 4.90. The minimum Gasteiger partial charge on any atom is -0.342 e. The summed E-state index contributed by atoms with van der Waals surface area (Å²) in [7, 11) is 0. The van der Waals surface area contributed by atoms with Gasteiger partial charge in [-0.05, 0) is 0 Å². The normalized spacial score (nSPS) is 21.0. The fourth-order valence-corrected chi connectivity index (χ4v) is 4.13. The van der Waals surface area contributed by atoms with Gasteiger partial charge in [0.2, 0.25) is 12.3 Å². The van der Waals surface area contributed by atoms with Gasteiger partial charge in [0.05, 0.1) is 11.6 Å². The summed E-state index contributed by atoms with van der Waals surface area (Å²) < 4.78 is 1.62. The van der Waals surface area contributed by atoms with Crippen molar-refractivity contribution in [2.75, 3.05) is 31.9 Å². The highest BCUT2D eigenvalue weighted by atomic mass is 32.2. The van der Waals surface area contributed by atoms with E-state index in [2.05, 4.69) is 4.98 Å². The Hall–Kier alpha value is -1.83. The summed E-state index contributed by atoms with van der Waals surface area (Å²) in [6.07, 6.45) is 0.826. The Morgan fingerprint density at radius 3 is 2.56 bits per heavy atom. The van der Waals surface area contributed by atoms with Crippen LogP contribution in [-0.4, -0.2) is 63.6 Å². The van der Waals surface area contributed by atoms with E-state index in [0.29, 0.717) is 43.6 Å². The summed E-state index contributed by atoms with van der Waals surface area (Å²) in [6, 6.07) is 1.58. The van der Waals surface area contributed by atoms with Crippen molar-refractivity contribution in [1.82, 2.24) is 19.4 Å². The van der Waals surface area contributed by atoms with Gasteiger partial charge in [-0.15, -0.1) is 0 Å². The molecule has 0 radical (unpaired) electrons. The van der Waals surface area contributed by atoms with Crippen molar-refractivity contribution in [2.45, 2.75) is 37.9 Å². The van der Waals surface area contributed by atoms with E-state index in [1.165, 1.54) is 11.8 Å². The van der Waals surface area contributed by atoms with Crippen LogP contribution in [0.3, 0.4) is 0 Å². The molecule has 1 atom stereocenters. The van der Waals surface area contributed by atoms with Crippen LogP contribution in [0.4, 0.5) is 0 Å². The van der Waals surface area contributed by atoms with Crippen LogP contribution in [0.25, 0.3) is 0 Å². The largest absolute Gasteiger partial charge is 0.342 e. The monoisotopic (exact) mass is 364 g/mol. The molecule has 2 aliphatic rings. The van der Waals surface area contributed by atoms with Crippen LogP contribution < -0.4 is 5.56 Å². The summed E-state index contributed by atoms with van der Waals surface area (Å²) in [5.41, 5.74) is 0.511. The van der Waals surface area contributed by atoms with Gasteiger partial charge in [0.25, 0.3) is 5.56 Å². The van der Waals surface area contributed by atoms with Crippen molar-refractivity contribution in [1.29, 1.82) is 0 Å². The molecule has 0 saturated carbocycles. The quantitative estimate of drug-likeness (QED) is 0.566. The molecule has 1 saturated heterocycles. The molecular formula is C17H24N4O3S. The molecule has 0 aromatic carbocycles. The first-order chi connectivity index (χ1) is 11.8. The molecule has 25 heavy (non-hydrogen) atoms. The summed E-state index contributed by atoms with van der Waals surface area (Å²) in [5.74, 6) is 0.475. The third-order valence-electron chi connectivity index (χ3n) is 4.68. The lowest BCUT2D eigenvalue weighted by Crippen LogP contribution is -2.51.